The average molecular weight is 258 g/mol. The second kappa shape index (κ2) is 5.78. The van der Waals surface area contributed by atoms with Crippen LogP contribution in [0.15, 0.2) is 28.7 Å². The predicted molar refractivity (Wildman–Crippen MR) is 57.9 cm³/mol. The lowest BCUT2D eigenvalue weighted by Gasteiger charge is -2.05. The lowest BCUT2D eigenvalue weighted by molar-refractivity contribution is 0.0314. The van der Waals surface area contributed by atoms with Crippen molar-refractivity contribution in [2.24, 2.45) is 0 Å². The average Bonchev–Trinajstić information content (AvgIpc) is 2.18. The minimum Gasteiger partial charge on any atom is -0.273 e. The van der Waals surface area contributed by atoms with Gasteiger partial charge in [-0.25, -0.2) is 5.48 Å². The molecule has 0 aliphatic heterocycles. The summed E-state index contributed by atoms with van der Waals surface area (Å²) in [6.07, 6.45) is 0.871. The number of hydrogen-bond acceptors (Lipinski definition) is 2. The van der Waals surface area contributed by atoms with E-state index < -0.39 is 0 Å². The highest BCUT2D eigenvalue weighted by molar-refractivity contribution is 9.10. The van der Waals surface area contributed by atoms with Crippen LogP contribution >= 0.6 is 15.9 Å². The first kappa shape index (κ1) is 11.2. The van der Waals surface area contributed by atoms with E-state index in [0.717, 1.165) is 10.9 Å². The van der Waals surface area contributed by atoms with E-state index in [1.807, 2.05) is 19.1 Å². The van der Waals surface area contributed by atoms with Crippen LogP contribution in [0.3, 0.4) is 0 Å². The van der Waals surface area contributed by atoms with Gasteiger partial charge >= 0.3 is 0 Å². The van der Waals surface area contributed by atoms with Gasteiger partial charge in [-0.15, -0.1) is 0 Å². The van der Waals surface area contributed by atoms with Gasteiger partial charge in [0, 0.05) is 4.47 Å². The summed E-state index contributed by atoms with van der Waals surface area (Å²) >= 11 is 3.29. The second-order valence-electron chi connectivity index (χ2n) is 2.76. The van der Waals surface area contributed by atoms with Gasteiger partial charge in [0.15, 0.2) is 0 Å². The number of hydrogen-bond donors (Lipinski definition) is 1. The number of nitrogens with one attached hydrogen (secondary N) is 1. The first-order chi connectivity index (χ1) is 6.75. The molecule has 0 heterocycles. The minimum absolute atomic E-state index is 0.231. The molecule has 0 unspecified atom stereocenters. The Bertz CT molecular complexity index is 315. The summed E-state index contributed by atoms with van der Waals surface area (Å²) in [5, 5.41) is 0. The van der Waals surface area contributed by atoms with E-state index in [1.165, 1.54) is 0 Å². The summed E-state index contributed by atoms with van der Waals surface area (Å²) in [5.74, 6) is -0.231. The van der Waals surface area contributed by atoms with E-state index in [4.69, 9.17) is 4.84 Å². The number of benzene rings is 1. The molecule has 0 radical (unpaired) electrons. The Morgan fingerprint density at radius 1 is 1.50 bits per heavy atom. The quantitative estimate of drug-likeness (QED) is 0.665. The van der Waals surface area contributed by atoms with Gasteiger partial charge in [0.2, 0.25) is 0 Å². The largest absolute Gasteiger partial charge is 0.275 e. The molecule has 0 atom stereocenters. The number of halogens is 1. The van der Waals surface area contributed by atoms with Gasteiger partial charge in [-0.2, -0.15) is 0 Å². The summed E-state index contributed by atoms with van der Waals surface area (Å²) in [4.78, 5) is 16.4. The molecular formula is C10H12BrNO2. The molecule has 0 saturated heterocycles. The molecule has 1 aromatic rings. The highest BCUT2D eigenvalue weighted by atomic mass is 79.9. The summed E-state index contributed by atoms with van der Waals surface area (Å²) < 4.78 is 0.762. The predicted octanol–water partition coefficient (Wildman–Crippen LogP) is 2.52. The highest BCUT2D eigenvalue weighted by Gasteiger charge is 2.07. The van der Waals surface area contributed by atoms with Crippen molar-refractivity contribution in [1.29, 1.82) is 0 Å². The molecule has 1 N–H and O–H groups in total. The molecule has 1 aromatic carbocycles. The number of amides is 1. The van der Waals surface area contributed by atoms with E-state index in [9.17, 15) is 4.79 Å². The third-order valence-corrected chi connectivity index (χ3v) is 2.28. The smallest absolute Gasteiger partial charge is 0.273 e. The van der Waals surface area contributed by atoms with E-state index >= 15 is 0 Å². The van der Waals surface area contributed by atoms with Crippen LogP contribution in [0.5, 0.6) is 0 Å². The van der Waals surface area contributed by atoms with Crippen molar-refractivity contribution in [2.75, 3.05) is 6.61 Å². The first-order valence-electron chi connectivity index (χ1n) is 4.42. The number of rotatable bonds is 4. The van der Waals surface area contributed by atoms with Gasteiger partial charge in [-0.3, -0.25) is 9.63 Å². The van der Waals surface area contributed by atoms with Gasteiger partial charge in [0.05, 0.1) is 12.2 Å². The van der Waals surface area contributed by atoms with Crippen LogP contribution in [0, 0.1) is 0 Å². The molecule has 4 heteroatoms. The topological polar surface area (TPSA) is 38.3 Å². The molecule has 3 nitrogen and oxygen atoms in total. The molecule has 0 bridgehead atoms. The number of carbonyl (C=O) groups is 1. The maximum atomic E-state index is 11.5. The molecule has 0 aliphatic rings. The summed E-state index contributed by atoms with van der Waals surface area (Å²) in [5.41, 5.74) is 2.94. The van der Waals surface area contributed by atoms with E-state index in [2.05, 4.69) is 21.4 Å². The summed E-state index contributed by atoms with van der Waals surface area (Å²) in [6.45, 7) is 2.50. The third kappa shape index (κ3) is 3.12. The Labute approximate surface area is 91.5 Å². The zero-order valence-corrected chi connectivity index (χ0v) is 9.50. The van der Waals surface area contributed by atoms with Crippen molar-refractivity contribution >= 4 is 21.8 Å². The Morgan fingerprint density at radius 3 is 2.86 bits per heavy atom. The zero-order valence-electron chi connectivity index (χ0n) is 7.92. The zero-order chi connectivity index (χ0) is 10.4. The van der Waals surface area contributed by atoms with Crippen molar-refractivity contribution in [2.45, 2.75) is 13.3 Å². The Balaban J connectivity index is 2.56. The van der Waals surface area contributed by atoms with Crippen molar-refractivity contribution in [3.63, 3.8) is 0 Å². The molecule has 1 rings (SSSR count). The molecule has 0 spiro atoms. The maximum absolute atomic E-state index is 11.5. The number of carbonyl (C=O) groups excluding carboxylic acids is 1. The maximum Gasteiger partial charge on any atom is 0.275 e. The standard InChI is InChI=1S/C10H12BrNO2/c1-2-7-14-12-10(13)8-5-3-4-6-9(8)11/h3-6H,2,7H2,1H3,(H,12,13). The van der Waals surface area contributed by atoms with Gasteiger partial charge in [0.1, 0.15) is 0 Å². The fourth-order valence-corrected chi connectivity index (χ4v) is 1.38. The van der Waals surface area contributed by atoms with Crippen LogP contribution in [0.25, 0.3) is 0 Å². The molecule has 0 fully saturated rings. The van der Waals surface area contributed by atoms with Gasteiger partial charge < -0.3 is 0 Å². The number of hydroxylamine groups is 1. The van der Waals surface area contributed by atoms with Gasteiger partial charge in [0.25, 0.3) is 5.91 Å². The van der Waals surface area contributed by atoms with E-state index in [-0.39, 0.29) is 5.91 Å². The SMILES string of the molecule is CCCONC(=O)c1ccccc1Br. The molecule has 1 amide bonds. The van der Waals surface area contributed by atoms with Crippen LogP contribution in [-0.2, 0) is 4.84 Å². The summed E-state index contributed by atoms with van der Waals surface area (Å²) in [6, 6.07) is 7.21. The Kier molecular flexibility index (Phi) is 4.62. The molecule has 0 aromatic heterocycles. The van der Waals surface area contributed by atoms with Gasteiger partial charge in [-0.1, -0.05) is 19.1 Å². The van der Waals surface area contributed by atoms with Crippen LogP contribution in [-0.4, -0.2) is 12.5 Å². The van der Waals surface area contributed by atoms with Crippen LogP contribution in [0.1, 0.15) is 23.7 Å². The fourth-order valence-electron chi connectivity index (χ4n) is 0.919. The molecular weight excluding hydrogens is 246 g/mol. The fraction of sp³-hybridized carbons (Fsp3) is 0.300. The monoisotopic (exact) mass is 257 g/mol. The van der Waals surface area contributed by atoms with E-state index in [1.54, 1.807) is 12.1 Å². The third-order valence-electron chi connectivity index (χ3n) is 1.59. The van der Waals surface area contributed by atoms with E-state index in [0.29, 0.717) is 12.2 Å². The highest BCUT2D eigenvalue weighted by Crippen LogP contribution is 2.15. The molecule has 76 valence electrons. The van der Waals surface area contributed by atoms with Crippen LogP contribution < -0.4 is 5.48 Å². The van der Waals surface area contributed by atoms with Crippen LogP contribution in [0.2, 0.25) is 0 Å². The van der Waals surface area contributed by atoms with Crippen LogP contribution in [0.4, 0.5) is 0 Å². The Hall–Kier alpha value is -0.870. The van der Waals surface area contributed by atoms with Crippen molar-refractivity contribution < 1.29 is 9.63 Å². The molecule has 0 aliphatic carbocycles. The first-order valence-corrected chi connectivity index (χ1v) is 5.21. The molecule has 0 saturated carbocycles. The van der Waals surface area contributed by atoms with Crippen molar-refractivity contribution in [1.82, 2.24) is 5.48 Å². The normalized spacial score (nSPS) is 9.86. The lowest BCUT2D eigenvalue weighted by Crippen LogP contribution is -2.24. The molecule has 14 heavy (non-hydrogen) atoms. The van der Waals surface area contributed by atoms with Crippen molar-refractivity contribution in [3.05, 3.63) is 34.3 Å². The Morgan fingerprint density at radius 2 is 2.21 bits per heavy atom. The minimum atomic E-state index is -0.231. The van der Waals surface area contributed by atoms with Crippen molar-refractivity contribution in [3.8, 4) is 0 Å². The second-order valence-corrected chi connectivity index (χ2v) is 3.61. The summed E-state index contributed by atoms with van der Waals surface area (Å²) in [7, 11) is 0. The van der Waals surface area contributed by atoms with Gasteiger partial charge in [-0.05, 0) is 34.5 Å². The lowest BCUT2D eigenvalue weighted by atomic mass is 10.2.